The number of halogens is 1. The van der Waals surface area contributed by atoms with E-state index in [-0.39, 0.29) is 29.4 Å². The number of amides is 1. The van der Waals surface area contributed by atoms with Gasteiger partial charge in [0.15, 0.2) is 0 Å². The van der Waals surface area contributed by atoms with E-state index in [1.807, 2.05) is 26.0 Å². The zero-order valence-corrected chi connectivity index (χ0v) is 17.1. The molecule has 0 spiro atoms. The Bertz CT molecular complexity index is 992. The van der Waals surface area contributed by atoms with Crippen LogP contribution in [-0.2, 0) is 0 Å². The van der Waals surface area contributed by atoms with E-state index in [9.17, 15) is 14.7 Å². The second-order valence-electron chi connectivity index (χ2n) is 8.02. The van der Waals surface area contributed by atoms with E-state index < -0.39 is 11.7 Å². The van der Waals surface area contributed by atoms with Crippen LogP contribution in [0.3, 0.4) is 0 Å². The molecule has 4 atom stereocenters. The highest BCUT2D eigenvalue weighted by Gasteiger charge is 2.44. The number of nitrogens with zero attached hydrogens (tertiary/aromatic N) is 2. The molecule has 0 unspecified atom stereocenters. The van der Waals surface area contributed by atoms with Gasteiger partial charge < -0.3 is 19.7 Å². The van der Waals surface area contributed by atoms with Crippen LogP contribution in [0.5, 0.6) is 5.75 Å². The van der Waals surface area contributed by atoms with E-state index in [2.05, 4.69) is 9.97 Å². The lowest BCUT2D eigenvalue weighted by Crippen LogP contribution is -2.42. The number of aromatic amines is 1. The number of hydrogen-bond acceptors (Lipinski definition) is 5. The van der Waals surface area contributed by atoms with E-state index in [1.165, 1.54) is 12.3 Å². The summed E-state index contributed by atoms with van der Waals surface area (Å²) < 4.78 is 6.09. The number of aliphatic hydroxyl groups excluding tert-OH is 1. The summed E-state index contributed by atoms with van der Waals surface area (Å²) in [5.74, 6) is 0.747. The predicted molar refractivity (Wildman–Crippen MR) is 108 cm³/mol. The van der Waals surface area contributed by atoms with Crippen LogP contribution in [0.15, 0.2) is 29.2 Å². The first kappa shape index (κ1) is 19.9. The first-order valence-electron chi connectivity index (χ1n) is 9.78. The number of carbonyl (C=O) groups excluding carboxylic acids is 1. The van der Waals surface area contributed by atoms with Gasteiger partial charge in [-0.05, 0) is 56.7 Å². The lowest BCUT2D eigenvalue weighted by molar-refractivity contribution is -0.0236. The van der Waals surface area contributed by atoms with Crippen molar-refractivity contribution in [2.24, 2.45) is 11.8 Å². The minimum atomic E-state index is -0.610. The molecule has 2 aromatic heterocycles. The highest BCUT2D eigenvalue weighted by molar-refractivity contribution is 6.30. The highest BCUT2D eigenvalue weighted by Crippen LogP contribution is 2.38. The van der Waals surface area contributed by atoms with Gasteiger partial charge in [0.25, 0.3) is 11.5 Å². The van der Waals surface area contributed by atoms with Gasteiger partial charge in [-0.25, -0.2) is 0 Å². The summed E-state index contributed by atoms with van der Waals surface area (Å²) >= 11 is 5.93. The van der Waals surface area contributed by atoms with Gasteiger partial charge in [-0.15, -0.1) is 0 Å². The fraction of sp³-hybridized carbons (Fsp3) is 0.476. The summed E-state index contributed by atoms with van der Waals surface area (Å²) in [6.45, 7) is 4.86. The normalized spacial score (nSPS) is 26.3. The third kappa shape index (κ3) is 4.02. The molecule has 2 aromatic rings. The van der Waals surface area contributed by atoms with Gasteiger partial charge in [0.2, 0.25) is 0 Å². The SMILES string of the molecule is Cc1ccc(O[C@@H]2C[C@@H]3CN(C(=O)c4cc(Cl)c[nH]c4=O)C[C@@H]3C[C@H]2O)c(C)n1. The van der Waals surface area contributed by atoms with Crippen LogP contribution in [0.2, 0.25) is 5.02 Å². The third-order valence-electron chi connectivity index (χ3n) is 5.93. The molecule has 3 heterocycles. The van der Waals surface area contributed by atoms with Crippen LogP contribution < -0.4 is 10.3 Å². The van der Waals surface area contributed by atoms with Gasteiger partial charge in [-0.1, -0.05) is 11.6 Å². The first-order valence-corrected chi connectivity index (χ1v) is 10.2. The summed E-state index contributed by atoms with van der Waals surface area (Å²) in [5, 5.41) is 10.9. The number of ether oxygens (including phenoxy) is 1. The molecule has 1 saturated heterocycles. The maximum atomic E-state index is 12.8. The number of aryl methyl sites for hydroxylation is 2. The molecule has 154 valence electrons. The Morgan fingerprint density at radius 1 is 1.28 bits per heavy atom. The van der Waals surface area contributed by atoms with Gasteiger partial charge in [-0.3, -0.25) is 14.6 Å². The smallest absolute Gasteiger partial charge is 0.260 e. The molecule has 7 nitrogen and oxygen atoms in total. The molecular weight excluding hydrogens is 394 g/mol. The van der Waals surface area contributed by atoms with Crippen molar-refractivity contribution >= 4 is 17.5 Å². The second kappa shape index (κ2) is 7.80. The Labute approximate surface area is 173 Å². The third-order valence-corrected chi connectivity index (χ3v) is 6.14. The number of aliphatic hydroxyl groups is 1. The molecule has 0 radical (unpaired) electrons. The number of rotatable bonds is 3. The molecule has 1 amide bonds. The zero-order valence-electron chi connectivity index (χ0n) is 16.4. The lowest BCUT2D eigenvalue weighted by Gasteiger charge is -2.35. The topological polar surface area (TPSA) is 95.5 Å². The van der Waals surface area contributed by atoms with Crippen molar-refractivity contribution in [1.29, 1.82) is 0 Å². The average Bonchev–Trinajstić information content (AvgIpc) is 3.08. The quantitative estimate of drug-likeness (QED) is 0.799. The van der Waals surface area contributed by atoms with Crippen molar-refractivity contribution in [1.82, 2.24) is 14.9 Å². The van der Waals surface area contributed by atoms with Crippen LogP contribution in [0, 0.1) is 25.7 Å². The van der Waals surface area contributed by atoms with E-state index in [0.29, 0.717) is 36.7 Å². The van der Waals surface area contributed by atoms with Crippen LogP contribution in [0.25, 0.3) is 0 Å². The summed E-state index contributed by atoms with van der Waals surface area (Å²) in [4.78, 5) is 33.4. The molecular formula is C21H24ClN3O4. The number of aromatic nitrogens is 2. The van der Waals surface area contributed by atoms with Crippen molar-refractivity contribution in [3.8, 4) is 5.75 Å². The molecule has 4 rings (SSSR count). The molecule has 0 aromatic carbocycles. The summed E-state index contributed by atoms with van der Waals surface area (Å²) in [7, 11) is 0. The molecule has 1 aliphatic heterocycles. The van der Waals surface area contributed by atoms with Crippen LogP contribution in [0.4, 0.5) is 0 Å². The molecule has 2 N–H and O–H groups in total. The molecule has 1 saturated carbocycles. The largest absolute Gasteiger partial charge is 0.486 e. The standard InChI is InChI=1S/C21H24ClN3O4/c1-11-3-4-18(12(2)24-11)29-19-6-14-10-25(9-13(14)5-17(19)26)21(28)16-7-15(22)8-23-20(16)27/h3-4,7-8,13-14,17,19,26H,5-6,9-10H2,1-2H3,(H,23,27)/t13-,14+,17+,19+/m0/s1. The predicted octanol–water partition coefficient (Wildman–Crippen LogP) is 2.33. The molecule has 1 aliphatic carbocycles. The zero-order chi connectivity index (χ0) is 20.7. The Morgan fingerprint density at radius 2 is 2.00 bits per heavy atom. The van der Waals surface area contributed by atoms with Crippen LogP contribution in [-0.4, -0.2) is 51.2 Å². The summed E-state index contributed by atoms with van der Waals surface area (Å²) in [6.07, 6.45) is 1.62. The van der Waals surface area contributed by atoms with Crippen molar-refractivity contribution in [2.75, 3.05) is 13.1 Å². The monoisotopic (exact) mass is 417 g/mol. The molecule has 0 bridgehead atoms. The number of fused-ring (bicyclic) bond motifs is 1. The number of nitrogens with one attached hydrogen (secondary N) is 1. The Balaban J connectivity index is 1.46. The lowest BCUT2D eigenvalue weighted by atomic mass is 9.78. The van der Waals surface area contributed by atoms with Gasteiger partial charge in [0.1, 0.15) is 17.4 Å². The average molecular weight is 418 g/mol. The van der Waals surface area contributed by atoms with E-state index >= 15 is 0 Å². The van der Waals surface area contributed by atoms with Gasteiger partial charge in [0, 0.05) is 25.0 Å². The number of H-pyrrole nitrogens is 1. The summed E-state index contributed by atoms with van der Waals surface area (Å²) in [6, 6.07) is 5.17. The number of pyridine rings is 2. The molecule has 2 fully saturated rings. The molecule has 8 heteroatoms. The van der Waals surface area contributed by atoms with Crippen LogP contribution in [0.1, 0.15) is 34.6 Å². The molecule has 29 heavy (non-hydrogen) atoms. The Morgan fingerprint density at radius 3 is 2.72 bits per heavy atom. The fourth-order valence-corrected chi connectivity index (χ4v) is 4.59. The maximum Gasteiger partial charge on any atom is 0.260 e. The fourth-order valence-electron chi connectivity index (χ4n) is 4.43. The van der Waals surface area contributed by atoms with E-state index in [0.717, 1.165) is 11.4 Å². The van der Waals surface area contributed by atoms with Crippen molar-refractivity contribution < 1.29 is 14.6 Å². The number of hydrogen-bond donors (Lipinski definition) is 2. The Kier molecular flexibility index (Phi) is 5.36. The van der Waals surface area contributed by atoms with Crippen LogP contribution >= 0.6 is 11.6 Å². The Hall–Kier alpha value is -2.38. The minimum Gasteiger partial charge on any atom is -0.486 e. The van der Waals surface area contributed by atoms with Crippen molar-refractivity contribution in [3.63, 3.8) is 0 Å². The number of likely N-dealkylation sites (tertiary alicyclic amines) is 1. The van der Waals surface area contributed by atoms with E-state index in [1.54, 1.807) is 4.90 Å². The first-order chi connectivity index (χ1) is 13.8. The molecule has 2 aliphatic rings. The van der Waals surface area contributed by atoms with Gasteiger partial charge in [-0.2, -0.15) is 0 Å². The van der Waals surface area contributed by atoms with Crippen molar-refractivity contribution in [2.45, 2.75) is 38.9 Å². The van der Waals surface area contributed by atoms with Crippen molar-refractivity contribution in [3.05, 3.63) is 56.7 Å². The maximum absolute atomic E-state index is 12.8. The second-order valence-corrected chi connectivity index (χ2v) is 8.46. The summed E-state index contributed by atoms with van der Waals surface area (Å²) in [5.41, 5.74) is 1.31. The van der Waals surface area contributed by atoms with E-state index in [4.69, 9.17) is 16.3 Å². The van der Waals surface area contributed by atoms with Gasteiger partial charge in [0.05, 0.1) is 16.8 Å². The minimum absolute atomic E-state index is 0.0471. The highest BCUT2D eigenvalue weighted by atomic mass is 35.5. The van der Waals surface area contributed by atoms with Gasteiger partial charge >= 0.3 is 0 Å². The number of carbonyl (C=O) groups is 1.